The van der Waals surface area contributed by atoms with Crippen LogP contribution < -0.4 is 5.32 Å². The fourth-order valence-corrected chi connectivity index (χ4v) is 3.81. The molecule has 2 unspecified atom stereocenters. The Morgan fingerprint density at radius 3 is 2.65 bits per heavy atom. The summed E-state index contributed by atoms with van der Waals surface area (Å²) >= 11 is 0.820. The SMILES string of the molecule is CC(C)NCC1CCCCC1c1cnc(C(F)(F)F)s1. The summed E-state index contributed by atoms with van der Waals surface area (Å²) in [7, 11) is 0. The van der Waals surface area contributed by atoms with Crippen molar-refractivity contribution in [1.29, 1.82) is 0 Å². The lowest BCUT2D eigenvalue weighted by Gasteiger charge is -2.31. The van der Waals surface area contributed by atoms with Crippen molar-refractivity contribution in [3.8, 4) is 0 Å². The Morgan fingerprint density at radius 1 is 1.35 bits per heavy atom. The first-order chi connectivity index (χ1) is 9.38. The van der Waals surface area contributed by atoms with Crippen molar-refractivity contribution >= 4 is 11.3 Å². The summed E-state index contributed by atoms with van der Waals surface area (Å²) in [5.74, 6) is 0.649. The Hall–Kier alpha value is -0.620. The van der Waals surface area contributed by atoms with E-state index in [4.69, 9.17) is 0 Å². The van der Waals surface area contributed by atoms with Gasteiger partial charge in [-0.3, -0.25) is 0 Å². The van der Waals surface area contributed by atoms with Crippen LogP contribution in [0.3, 0.4) is 0 Å². The maximum atomic E-state index is 12.7. The monoisotopic (exact) mass is 306 g/mol. The molecule has 1 N–H and O–H groups in total. The molecule has 0 spiro atoms. The zero-order valence-corrected chi connectivity index (χ0v) is 12.7. The molecule has 1 aliphatic carbocycles. The molecule has 1 heterocycles. The van der Waals surface area contributed by atoms with Gasteiger partial charge in [0.05, 0.1) is 0 Å². The van der Waals surface area contributed by atoms with E-state index >= 15 is 0 Å². The molecule has 0 radical (unpaired) electrons. The molecule has 1 fully saturated rings. The van der Waals surface area contributed by atoms with Gasteiger partial charge in [0.15, 0.2) is 5.01 Å². The molecular formula is C14H21F3N2S. The predicted octanol–water partition coefficient (Wildman–Crippen LogP) is 4.43. The van der Waals surface area contributed by atoms with Gasteiger partial charge < -0.3 is 5.32 Å². The van der Waals surface area contributed by atoms with Crippen LogP contribution in [0.1, 0.15) is 55.3 Å². The van der Waals surface area contributed by atoms with E-state index in [1.807, 2.05) is 0 Å². The molecule has 2 atom stereocenters. The average molecular weight is 306 g/mol. The maximum absolute atomic E-state index is 12.7. The Balaban J connectivity index is 2.09. The summed E-state index contributed by atoms with van der Waals surface area (Å²) in [6, 6.07) is 0.407. The second-order valence-electron chi connectivity index (χ2n) is 5.78. The summed E-state index contributed by atoms with van der Waals surface area (Å²) in [6.45, 7) is 5.06. The minimum Gasteiger partial charge on any atom is -0.314 e. The third-order valence-corrected chi connectivity index (χ3v) is 5.00. The highest BCUT2D eigenvalue weighted by molar-refractivity contribution is 7.11. The van der Waals surface area contributed by atoms with Crippen molar-refractivity contribution in [3.05, 3.63) is 16.1 Å². The van der Waals surface area contributed by atoms with Crippen molar-refractivity contribution in [1.82, 2.24) is 10.3 Å². The van der Waals surface area contributed by atoms with Crippen molar-refractivity contribution in [2.24, 2.45) is 5.92 Å². The molecule has 6 heteroatoms. The highest BCUT2D eigenvalue weighted by atomic mass is 32.1. The maximum Gasteiger partial charge on any atom is 0.443 e. The van der Waals surface area contributed by atoms with Gasteiger partial charge in [-0.15, -0.1) is 11.3 Å². The highest BCUT2D eigenvalue weighted by Gasteiger charge is 2.36. The number of rotatable bonds is 4. The van der Waals surface area contributed by atoms with Gasteiger partial charge in [-0.1, -0.05) is 26.7 Å². The lowest BCUT2D eigenvalue weighted by Crippen LogP contribution is -2.33. The molecule has 0 aromatic carbocycles. The summed E-state index contributed by atoms with van der Waals surface area (Å²) in [6.07, 6.45) is 1.46. The standard InChI is InChI=1S/C14H21F3N2S/c1-9(2)18-7-10-5-3-4-6-11(10)12-8-19-13(20-12)14(15,16)17/h8-11,18H,3-7H2,1-2H3. The van der Waals surface area contributed by atoms with Crippen LogP contribution in [0.15, 0.2) is 6.20 Å². The van der Waals surface area contributed by atoms with Crippen LogP contribution in [-0.2, 0) is 6.18 Å². The second kappa shape index (κ2) is 6.43. The molecule has 20 heavy (non-hydrogen) atoms. The van der Waals surface area contributed by atoms with E-state index in [-0.39, 0.29) is 5.92 Å². The number of nitrogens with zero attached hydrogens (tertiary/aromatic N) is 1. The molecule has 114 valence electrons. The number of nitrogens with one attached hydrogen (secondary N) is 1. The Kier molecular flexibility index (Phi) is 5.07. The van der Waals surface area contributed by atoms with Crippen molar-refractivity contribution < 1.29 is 13.2 Å². The van der Waals surface area contributed by atoms with Gasteiger partial charge in [0.25, 0.3) is 0 Å². The van der Waals surface area contributed by atoms with Gasteiger partial charge in [0.1, 0.15) is 0 Å². The fourth-order valence-electron chi connectivity index (χ4n) is 2.80. The predicted molar refractivity (Wildman–Crippen MR) is 75.0 cm³/mol. The summed E-state index contributed by atoms with van der Waals surface area (Å²) in [4.78, 5) is 4.36. The Bertz CT molecular complexity index is 428. The quantitative estimate of drug-likeness (QED) is 0.890. The molecule has 1 aromatic rings. The molecular weight excluding hydrogens is 285 g/mol. The number of hydrogen-bond donors (Lipinski definition) is 1. The van der Waals surface area contributed by atoms with E-state index < -0.39 is 11.2 Å². The number of alkyl halides is 3. The minimum absolute atomic E-state index is 0.226. The van der Waals surface area contributed by atoms with Crippen LogP contribution >= 0.6 is 11.3 Å². The van der Waals surface area contributed by atoms with Crippen LogP contribution in [0.25, 0.3) is 0 Å². The number of aromatic nitrogens is 1. The highest BCUT2D eigenvalue weighted by Crippen LogP contribution is 2.42. The smallest absolute Gasteiger partial charge is 0.314 e. The van der Waals surface area contributed by atoms with Crippen LogP contribution in [0.4, 0.5) is 13.2 Å². The molecule has 2 nitrogen and oxygen atoms in total. The van der Waals surface area contributed by atoms with Gasteiger partial charge in [0, 0.05) is 17.1 Å². The Labute approximate surface area is 121 Å². The Morgan fingerprint density at radius 2 is 2.05 bits per heavy atom. The van der Waals surface area contributed by atoms with Gasteiger partial charge in [-0.25, -0.2) is 4.98 Å². The van der Waals surface area contributed by atoms with Gasteiger partial charge in [-0.2, -0.15) is 13.2 Å². The van der Waals surface area contributed by atoms with Crippen LogP contribution in [0.5, 0.6) is 0 Å². The molecule has 0 saturated heterocycles. The first kappa shape index (κ1) is 15.8. The third kappa shape index (κ3) is 3.95. The zero-order chi connectivity index (χ0) is 14.8. The lowest BCUT2D eigenvalue weighted by molar-refractivity contribution is -0.137. The van der Waals surface area contributed by atoms with E-state index in [2.05, 4.69) is 24.1 Å². The second-order valence-corrected chi connectivity index (χ2v) is 6.84. The summed E-state index contributed by atoms with van der Waals surface area (Å²) < 4.78 is 38.0. The van der Waals surface area contributed by atoms with E-state index in [1.165, 1.54) is 12.6 Å². The molecule has 1 aliphatic rings. The molecule has 2 rings (SSSR count). The first-order valence-corrected chi connectivity index (χ1v) is 7.96. The zero-order valence-electron chi connectivity index (χ0n) is 11.8. The van der Waals surface area contributed by atoms with Crippen LogP contribution in [0.2, 0.25) is 0 Å². The molecule has 0 aliphatic heterocycles. The topological polar surface area (TPSA) is 24.9 Å². The number of halogens is 3. The van der Waals surface area contributed by atoms with Crippen molar-refractivity contribution in [2.45, 2.75) is 57.7 Å². The van der Waals surface area contributed by atoms with Crippen molar-refractivity contribution in [3.63, 3.8) is 0 Å². The van der Waals surface area contributed by atoms with Crippen molar-refractivity contribution in [2.75, 3.05) is 6.54 Å². The number of thiazole rings is 1. The summed E-state index contributed by atoms with van der Waals surface area (Å²) in [5, 5.41) is 2.70. The van der Waals surface area contributed by atoms with Gasteiger partial charge >= 0.3 is 6.18 Å². The molecule has 1 saturated carbocycles. The van der Waals surface area contributed by atoms with Crippen LogP contribution in [0, 0.1) is 5.92 Å². The van der Waals surface area contributed by atoms with E-state index in [0.717, 1.165) is 42.0 Å². The van der Waals surface area contributed by atoms with Gasteiger partial charge in [0.2, 0.25) is 0 Å². The largest absolute Gasteiger partial charge is 0.443 e. The first-order valence-electron chi connectivity index (χ1n) is 7.14. The normalized spacial score (nSPS) is 24.3. The van der Waals surface area contributed by atoms with E-state index in [1.54, 1.807) is 0 Å². The van der Waals surface area contributed by atoms with Gasteiger partial charge in [-0.05, 0) is 31.2 Å². The van der Waals surface area contributed by atoms with Crippen LogP contribution in [-0.4, -0.2) is 17.6 Å². The molecule has 0 amide bonds. The van der Waals surface area contributed by atoms with E-state index in [0.29, 0.717) is 12.0 Å². The summed E-state index contributed by atoms with van der Waals surface area (Å²) in [5.41, 5.74) is 0. The van der Waals surface area contributed by atoms with E-state index in [9.17, 15) is 13.2 Å². The lowest BCUT2D eigenvalue weighted by atomic mass is 9.78. The molecule has 1 aromatic heterocycles. The minimum atomic E-state index is -4.32. The fraction of sp³-hybridized carbons (Fsp3) is 0.786. The third-order valence-electron chi connectivity index (χ3n) is 3.83. The average Bonchev–Trinajstić information content (AvgIpc) is 2.86. The molecule has 0 bridgehead atoms. The number of hydrogen-bond acceptors (Lipinski definition) is 3.